The van der Waals surface area contributed by atoms with E-state index in [1.807, 2.05) is 30.3 Å². The van der Waals surface area contributed by atoms with E-state index in [4.69, 9.17) is 22.4 Å². The number of carbonyl (C=O) groups excluding carboxylic acids is 5. The third kappa shape index (κ3) is 22.6. The number of nitrogen functional groups attached to an aromatic ring is 1. The van der Waals surface area contributed by atoms with Gasteiger partial charge in [0, 0.05) is 126 Å². The highest BCUT2D eigenvalue weighted by Gasteiger charge is 2.34. The van der Waals surface area contributed by atoms with Crippen molar-refractivity contribution in [2.45, 2.75) is 92.8 Å². The first-order valence-electron chi connectivity index (χ1n) is 38.9. The number of nitrogens with zero attached hydrogens (tertiary/aromatic N) is 9. The monoisotopic (exact) mass is 1710 g/mol. The van der Waals surface area contributed by atoms with Crippen LogP contribution in [-0.4, -0.2) is 109 Å². The van der Waals surface area contributed by atoms with Gasteiger partial charge in [-0.15, -0.1) is 23.4 Å². The number of aromatic carboxylic acids is 1. The van der Waals surface area contributed by atoms with Crippen LogP contribution in [0, 0.1) is 0 Å². The maximum atomic E-state index is 13.7. The number of nitrogens with one attached hydrogen (secondary N) is 5. The molecule has 3 saturated heterocycles. The molecule has 630 valence electrons. The molecule has 3 aromatic heterocycles. The maximum absolute atomic E-state index is 13.7. The van der Waals surface area contributed by atoms with Crippen molar-refractivity contribution >= 4 is 110 Å². The molecule has 0 unspecified atom stereocenters. The minimum atomic E-state index is -4.52. The quantitative estimate of drug-likeness (QED) is 0.0153. The standard InChI is InChI=1S/C37H32F3N5O4S.C30H27ClF3N5O2.C22H22F3N5O/c38-37(39,40)27-8-5-9-29(21-27)45-19-16-33(43-45)42-35(47)31-22-28(44-17-2-1-3-18-44)12-15-32(31)41-34(46)26-7-4-6-24(20-26)23-50-30-13-10-25(11-14-30)36(48)49;31-19-20-6-4-7-21(16-20)28(40)35-26-11-10-23(38-13-2-1-3-14-38)18-25(26)29(41)36-27-12-15-39(37-27)24-9-5-8-22(17-24)30(32,33)34;23-22(24,25)15-5-4-6-17(13-15)30-12-9-20(28-30)27-21(31)18-14-16(7-8-19(18)26)29-10-2-1-3-11-29/h4-16,19-22H,1-3,17-18,23H2,(H,41,46)(H,48,49)(H,42,43,47);4-12,15-18H,1-3,13-14,19H2,(H,35,40)(H,36,37,41);4-9,12-14H,1-3,10-11,26H2,(H,27,28,31). The van der Waals surface area contributed by atoms with Crippen molar-refractivity contribution in [2.75, 3.05) is 86.3 Å². The highest BCUT2D eigenvalue weighted by molar-refractivity contribution is 7.98. The fraction of sp³-hybridized carbons (Fsp3) is 0.225. The molecule has 9 aromatic carbocycles. The summed E-state index contributed by atoms with van der Waals surface area (Å²) >= 11 is 7.42. The number of thioether (sulfide) groups is 1. The van der Waals surface area contributed by atoms with Gasteiger partial charge in [-0.25, -0.2) is 18.8 Å². The number of halogens is 10. The summed E-state index contributed by atoms with van der Waals surface area (Å²) in [7, 11) is 0. The normalized spacial score (nSPS) is 13.6. The fourth-order valence-corrected chi connectivity index (χ4v) is 14.9. The van der Waals surface area contributed by atoms with Crippen molar-refractivity contribution in [3.05, 3.63) is 298 Å². The minimum absolute atomic E-state index is 0.121. The van der Waals surface area contributed by atoms with E-state index in [9.17, 15) is 68.3 Å². The molecule has 3 aliphatic rings. The Labute approximate surface area is 703 Å². The number of alkyl halides is 10. The van der Waals surface area contributed by atoms with E-state index >= 15 is 0 Å². The molecule has 0 atom stereocenters. The molecule has 122 heavy (non-hydrogen) atoms. The molecule has 3 aliphatic heterocycles. The van der Waals surface area contributed by atoms with Crippen molar-refractivity contribution in [1.29, 1.82) is 0 Å². The van der Waals surface area contributed by atoms with Crippen LogP contribution in [0.2, 0.25) is 0 Å². The van der Waals surface area contributed by atoms with Crippen LogP contribution in [0.1, 0.15) is 148 Å². The molecule has 3 fully saturated rings. The molecule has 0 aliphatic carbocycles. The molecule has 0 saturated carbocycles. The molecule has 22 nitrogen and oxygen atoms in total. The molecule has 33 heteroatoms. The van der Waals surface area contributed by atoms with E-state index in [1.165, 1.54) is 105 Å². The number of anilines is 9. The van der Waals surface area contributed by atoms with E-state index in [0.717, 1.165) is 160 Å². The molecule has 5 amide bonds. The van der Waals surface area contributed by atoms with Crippen LogP contribution >= 0.6 is 23.4 Å². The number of amides is 5. The van der Waals surface area contributed by atoms with E-state index in [1.54, 1.807) is 97.1 Å². The zero-order valence-electron chi connectivity index (χ0n) is 65.2. The number of hydrogen-bond donors (Lipinski definition) is 7. The molecule has 8 N–H and O–H groups in total. The highest BCUT2D eigenvalue weighted by Crippen LogP contribution is 2.37. The van der Waals surface area contributed by atoms with Gasteiger partial charge < -0.3 is 52.1 Å². The van der Waals surface area contributed by atoms with Crippen molar-refractivity contribution in [3.63, 3.8) is 0 Å². The number of benzene rings is 9. The van der Waals surface area contributed by atoms with Crippen LogP contribution in [0.25, 0.3) is 17.1 Å². The Balaban J connectivity index is 0.000000162. The van der Waals surface area contributed by atoms with Gasteiger partial charge in [-0.1, -0.05) is 42.5 Å². The summed E-state index contributed by atoms with van der Waals surface area (Å²) in [6.07, 6.45) is 0.772. The number of carbonyl (C=O) groups is 6. The molecular weight excluding hydrogens is 1630 g/mol. The van der Waals surface area contributed by atoms with Gasteiger partial charge in [0.05, 0.1) is 67.4 Å². The van der Waals surface area contributed by atoms with E-state index in [-0.39, 0.29) is 62.8 Å². The van der Waals surface area contributed by atoms with Gasteiger partial charge in [0.15, 0.2) is 17.5 Å². The lowest BCUT2D eigenvalue weighted by atomic mass is 10.1. The Bertz CT molecular complexity index is 5760. The lowest BCUT2D eigenvalue weighted by Crippen LogP contribution is -2.29. The van der Waals surface area contributed by atoms with Crippen LogP contribution in [0.3, 0.4) is 0 Å². The van der Waals surface area contributed by atoms with Gasteiger partial charge in [-0.05, 0) is 227 Å². The fourth-order valence-electron chi connectivity index (χ4n) is 13.9. The van der Waals surface area contributed by atoms with Crippen molar-refractivity contribution in [3.8, 4) is 17.1 Å². The molecular formula is C89H81ClF9N15O7S. The van der Waals surface area contributed by atoms with Crippen LogP contribution in [-0.2, 0) is 30.2 Å². The van der Waals surface area contributed by atoms with Crippen LogP contribution in [0.5, 0.6) is 0 Å². The molecule has 15 rings (SSSR count). The predicted molar refractivity (Wildman–Crippen MR) is 453 cm³/mol. The summed E-state index contributed by atoms with van der Waals surface area (Å²) in [6, 6.07) is 55.3. The first-order valence-corrected chi connectivity index (χ1v) is 40.5. The Morgan fingerprint density at radius 3 is 1.10 bits per heavy atom. The first-order chi connectivity index (χ1) is 58.5. The molecule has 0 bridgehead atoms. The average molecular weight is 1710 g/mol. The molecule has 6 heterocycles. The number of nitrogens with two attached hydrogens (primary N) is 1. The summed E-state index contributed by atoms with van der Waals surface area (Å²) in [4.78, 5) is 85.3. The number of hydrogen-bond acceptors (Lipinski definition) is 14. The predicted octanol–water partition coefficient (Wildman–Crippen LogP) is 20.2. The molecule has 0 radical (unpaired) electrons. The molecule has 12 aromatic rings. The number of aromatic nitrogens is 6. The number of piperidine rings is 3. The first kappa shape index (κ1) is 86.5. The summed E-state index contributed by atoms with van der Waals surface area (Å²) in [5, 5.41) is 35.7. The minimum Gasteiger partial charge on any atom is -0.478 e. The summed E-state index contributed by atoms with van der Waals surface area (Å²) in [5.41, 5.74) is 11.2. The SMILES string of the molecule is Nc1ccc(N2CCCCC2)cc1C(=O)Nc1ccn(-c2cccc(C(F)(F)F)c2)n1.O=C(Nc1ccc(N2CCCCC2)cc1C(=O)Nc1ccn(-c2cccc(C(F)(F)F)c2)n1)c1cccc(CCl)c1.O=C(O)c1ccc(SCc2cccc(C(=O)Nc3ccc(N4CCCCC4)cc3C(=O)Nc3ccn(-c4cccc(C(F)(F)F)c4)n3)c2)cc1. The summed E-state index contributed by atoms with van der Waals surface area (Å²) in [5.74, 6) is -2.04. The lowest BCUT2D eigenvalue weighted by Gasteiger charge is -2.29. The number of carboxylic acids is 1. The zero-order chi connectivity index (χ0) is 86.2. The highest BCUT2D eigenvalue weighted by atomic mass is 35.5. The van der Waals surface area contributed by atoms with E-state index in [2.05, 4.69) is 56.6 Å². The largest absolute Gasteiger partial charge is 0.478 e. The van der Waals surface area contributed by atoms with E-state index < -0.39 is 70.7 Å². The Hall–Kier alpha value is -13.4. The average Bonchev–Trinajstić information content (AvgIpc) is 1.59. The number of carboxylic acid groups (broad SMARTS) is 1. The topological polar surface area (TPSA) is 272 Å². The second kappa shape index (κ2) is 38.8. The van der Waals surface area contributed by atoms with Crippen LogP contribution in [0.15, 0.2) is 242 Å². The third-order valence-corrected chi connectivity index (χ3v) is 21.7. The summed E-state index contributed by atoms with van der Waals surface area (Å²) < 4.78 is 122. The van der Waals surface area contributed by atoms with Gasteiger partial charge in [0.2, 0.25) is 0 Å². The summed E-state index contributed by atoms with van der Waals surface area (Å²) in [6.45, 7) is 5.27. The van der Waals surface area contributed by atoms with Crippen molar-refractivity contribution in [2.24, 2.45) is 0 Å². The smallest absolute Gasteiger partial charge is 0.416 e. The number of rotatable bonds is 21. The van der Waals surface area contributed by atoms with Gasteiger partial charge in [0.1, 0.15) is 0 Å². The third-order valence-electron chi connectivity index (χ3n) is 20.3. The van der Waals surface area contributed by atoms with Gasteiger partial charge in [-0.2, -0.15) is 54.8 Å². The Kier molecular flexibility index (Phi) is 27.5. The van der Waals surface area contributed by atoms with Gasteiger partial charge in [0.25, 0.3) is 29.5 Å². The maximum Gasteiger partial charge on any atom is 0.416 e. The second-order valence-corrected chi connectivity index (χ2v) is 30.2. The van der Waals surface area contributed by atoms with Crippen LogP contribution < -0.4 is 47.0 Å². The van der Waals surface area contributed by atoms with Crippen molar-refractivity contribution < 1.29 is 73.4 Å². The zero-order valence-corrected chi connectivity index (χ0v) is 66.8. The van der Waals surface area contributed by atoms with Gasteiger partial charge >= 0.3 is 24.5 Å². The Morgan fingerprint density at radius 2 is 0.721 bits per heavy atom. The van der Waals surface area contributed by atoms with Gasteiger partial charge in [-0.3, -0.25) is 24.0 Å². The lowest BCUT2D eigenvalue weighted by molar-refractivity contribution is -0.138. The Morgan fingerprint density at radius 1 is 0.369 bits per heavy atom. The van der Waals surface area contributed by atoms with Crippen LogP contribution in [0.4, 0.5) is 91.1 Å². The van der Waals surface area contributed by atoms with Crippen molar-refractivity contribution in [1.82, 2.24) is 29.3 Å². The second-order valence-electron chi connectivity index (χ2n) is 28.9. The molecule has 0 spiro atoms. The van der Waals surface area contributed by atoms with E-state index in [0.29, 0.717) is 33.8 Å².